The van der Waals surface area contributed by atoms with Gasteiger partial charge in [-0.25, -0.2) is 4.39 Å². The first-order chi connectivity index (χ1) is 9.15. The van der Waals surface area contributed by atoms with Gasteiger partial charge in [-0.05, 0) is 29.8 Å². The maximum atomic E-state index is 12.7. The van der Waals surface area contributed by atoms with E-state index < -0.39 is 6.10 Å². The highest BCUT2D eigenvalue weighted by Gasteiger charge is 2.12. The van der Waals surface area contributed by atoms with Crippen LogP contribution in [-0.2, 0) is 11.2 Å². The van der Waals surface area contributed by atoms with Crippen LogP contribution in [0.1, 0.15) is 17.4 Å². The highest BCUT2D eigenvalue weighted by molar-refractivity contribution is 5.78. The number of rotatable bonds is 5. The second kappa shape index (κ2) is 6.15. The lowest BCUT2D eigenvalue weighted by Gasteiger charge is -2.09. The molecule has 2 N–H and O–H groups in total. The van der Waals surface area contributed by atoms with Crippen LogP contribution in [0.25, 0.3) is 0 Å². The van der Waals surface area contributed by atoms with Crippen molar-refractivity contribution < 1.29 is 18.7 Å². The van der Waals surface area contributed by atoms with Crippen LogP contribution in [0.15, 0.2) is 47.1 Å². The summed E-state index contributed by atoms with van der Waals surface area (Å²) in [5.74, 6) is -0.170. The third kappa shape index (κ3) is 3.93. The molecular formula is C14H14FNO3. The first-order valence-electron chi connectivity index (χ1n) is 5.88. The van der Waals surface area contributed by atoms with Gasteiger partial charge in [-0.3, -0.25) is 4.79 Å². The van der Waals surface area contributed by atoms with Crippen molar-refractivity contribution in [3.63, 3.8) is 0 Å². The van der Waals surface area contributed by atoms with Gasteiger partial charge in [0.1, 0.15) is 17.7 Å². The van der Waals surface area contributed by atoms with E-state index in [1.165, 1.54) is 18.4 Å². The molecule has 0 saturated heterocycles. The fourth-order valence-corrected chi connectivity index (χ4v) is 1.64. The number of furan rings is 1. The van der Waals surface area contributed by atoms with Gasteiger partial charge in [0.05, 0.1) is 19.2 Å². The van der Waals surface area contributed by atoms with Gasteiger partial charge in [0.25, 0.3) is 0 Å². The molecular weight excluding hydrogens is 249 g/mol. The molecule has 0 spiro atoms. The third-order valence-corrected chi connectivity index (χ3v) is 2.64. The number of nitrogens with one attached hydrogen (secondary N) is 1. The average Bonchev–Trinajstić information content (AvgIpc) is 2.93. The first kappa shape index (κ1) is 13.3. The van der Waals surface area contributed by atoms with Crippen molar-refractivity contribution in [2.24, 2.45) is 0 Å². The second-order valence-electron chi connectivity index (χ2n) is 4.14. The molecule has 1 atom stereocenters. The molecule has 1 aromatic carbocycles. The molecule has 100 valence electrons. The van der Waals surface area contributed by atoms with Gasteiger partial charge in [-0.15, -0.1) is 0 Å². The molecule has 5 heteroatoms. The summed E-state index contributed by atoms with van der Waals surface area (Å²) in [7, 11) is 0. The standard InChI is InChI=1S/C14H14FNO3/c15-11-5-3-10(4-6-11)8-14(18)16-9-12(17)13-2-1-7-19-13/h1-7,12,17H,8-9H2,(H,16,18). The Morgan fingerprint density at radius 3 is 2.68 bits per heavy atom. The predicted octanol–water partition coefficient (Wildman–Crippen LogP) is 1.81. The fourth-order valence-electron chi connectivity index (χ4n) is 1.64. The number of aliphatic hydroxyl groups excluding tert-OH is 1. The monoisotopic (exact) mass is 263 g/mol. The fraction of sp³-hybridized carbons (Fsp3) is 0.214. The zero-order valence-corrected chi connectivity index (χ0v) is 10.2. The topological polar surface area (TPSA) is 62.5 Å². The summed E-state index contributed by atoms with van der Waals surface area (Å²) in [4.78, 5) is 11.6. The maximum absolute atomic E-state index is 12.7. The Morgan fingerprint density at radius 1 is 1.32 bits per heavy atom. The minimum Gasteiger partial charge on any atom is -0.467 e. The molecule has 0 saturated carbocycles. The van der Waals surface area contributed by atoms with Crippen LogP contribution < -0.4 is 5.32 Å². The molecule has 4 nitrogen and oxygen atoms in total. The Kier molecular flexibility index (Phi) is 4.30. The molecule has 2 aromatic rings. The van der Waals surface area contributed by atoms with Crippen LogP contribution in [0, 0.1) is 5.82 Å². The number of aliphatic hydroxyl groups is 1. The average molecular weight is 263 g/mol. The van der Waals surface area contributed by atoms with Crippen molar-refractivity contribution in [1.82, 2.24) is 5.32 Å². The Balaban J connectivity index is 1.80. The van der Waals surface area contributed by atoms with E-state index in [1.54, 1.807) is 24.3 Å². The van der Waals surface area contributed by atoms with E-state index in [9.17, 15) is 14.3 Å². The van der Waals surface area contributed by atoms with E-state index >= 15 is 0 Å². The largest absolute Gasteiger partial charge is 0.467 e. The number of carbonyl (C=O) groups is 1. The Hall–Kier alpha value is -2.14. The van der Waals surface area contributed by atoms with Crippen molar-refractivity contribution >= 4 is 5.91 Å². The van der Waals surface area contributed by atoms with Crippen molar-refractivity contribution in [2.75, 3.05) is 6.54 Å². The third-order valence-electron chi connectivity index (χ3n) is 2.64. The van der Waals surface area contributed by atoms with Crippen molar-refractivity contribution in [1.29, 1.82) is 0 Å². The smallest absolute Gasteiger partial charge is 0.224 e. The van der Waals surface area contributed by atoms with Crippen LogP contribution in [0.4, 0.5) is 4.39 Å². The van der Waals surface area contributed by atoms with E-state index in [4.69, 9.17) is 4.42 Å². The van der Waals surface area contributed by atoms with Crippen LogP contribution in [0.2, 0.25) is 0 Å². The number of amides is 1. The van der Waals surface area contributed by atoms with Gasteiger partial charge in [0.15, 0.2) is 0 Å². The lowest BCUT2D eigenvalue weighted by molar-refractivity contribution is -0.120. The lowest BCUT2D eigenvalue weighted by atomic mass is 10.1. The highest BCUT2D eigenvalue weighted by Crippen LogP contribution is 2.11. The quantitative estimate of drug-likeness (QED) is 0.864. The van der Waals surface area contributed by atoms with Gasteiger partial charge < -0.3 is 14.8 Å². The summed E-state index contributed by atoms with van der Waals surface area (Å²) >= 11 is 0. The molecule has 0 aliphatic rings. The van der Waals surface area contributed by atoms with Crippen molar-refractivity contribution in [2.45, 2.75) is 12.5 Å². The van der Waals surface area contributed by atoms with Crippen LogP contribution >= 0.6 is 0 Å². The molecule has 0 radical (unpaired) electrons. The van der Waals surface area contributed by atoms with Crippen molar-refractivity contribution in [3.05, 3.63) is 59.8 Å². The molecule has 0 aliphatic carbocycles. The Labute approximate surface area is 109 Å². The highest BCUT2D eigenvalue weighted by atomic mass is 19.1. The van der Waals surface area contributed by atoms with E-state index in [-0.39, 0.29) is 24.7 Å². The number of hydrogen-bond donors (Lipinski definition) is 2. The van der Waals surface area contributed by atoms with E-state index in [2.05, 4.69) is 5.32 Å². The zero-order valence-electron chi connectivity index (χ0n) is 10.2. The zero-order chi connectivity index (χ0) is 13.7. The minimum absolute atomic E-state index is 0.0769. The van der Waals surface area contributed by atoms with Gasteiger partial charge in [-0.2, -0.15) is 0 Å². The summed E-state index contributed by atoms with van der Waals surface area (Å²) in [6.45, 7) is 0.0769. The van der Waals surface area contributed by atoms with Gasteiger partial charge >= 0.3 is 0 Å². The van der Waals surface area contributed by atoms with Crippen LogP contribution in [0.5, 0.6) is 0 Å². The molecule has 2 rings (SSSR count). The van der Waals surface area contributed by atoms with Crippen LogP contribution in [-0.4, -0.2) is 17.6 Å². The van der Waals surface area contributed by atoms with Gasteiger partial charge in [-0.1, -0.05) is 12.1 Å². The summed E-state index contributed by atoms with van der Waals surface area (Å²) in [6.07, 6.45) is 0.733. The first-order valence-corrected chi connectivity index (χ1v) is 5.88. The number of benzene rings is 1. The summed E-state index contributed by atoms with van der Waals surface area (Å²) in [5, 5.41) is 12.3. The Morgan fingerprint density at radius 2 is 2.05 bits per heavy atom. The summed E-state index contributed by atoms with van der Waals surface area (Å²) in [5.41, 5.74) is 0.714. The van der Waals surface area contributed by atoms with E-state index in [1.807, 2.05) is 0 Å². The number of carbonyl (C=O) groups excluding carboxylic acids is 1. The summed E-state index contributed by atoms with van der Waals surface area (Å²) in [6, 6.07) is 9.02. The number of halogens is 1. The van der Waals surface area contributed by atoms with Gasteiger partial charge in [0, 0.05) is 0 Å². The van der Waals surface area contributed by atoms with E-state index in [0.717, 1.165) is 0 Å². The molecule has 1 aromatic heterocycles. The van der Waals surface area contributed by atoms with E-state index in [0.29, 0.717) is 11.3 Å². The molecule has 0 aliphatic heterocycles. The second-order valence-corrected chi connectivity index (χ2v) is 4.14. The Bertz CT molecular complexity index is 522. The molecule has 19 heavy (non-hydrogen) atoms. The van der Waals surface area contributed by atoms with Crippen LogP contribution in [0.3, 0.4) is 0 Å². The lowest BCUT2D eigenvalue weighted by Crippen LogP contribution is -2.29. The number of hydrogen-bond acceptors (Lipinski definition) is 3. The SMILES string of the molecule is O=C(Cc1ccc(F)cc1)NCC(O)c1ccco1. The summed E-state index contributed by atoms with van der Waals surface area (Å²) < 4.78 is 17.7. The molecule has 0 fully saturated rings. The maximum Gasteiger partial charge on any atom is 0.224 e. The predicted molar refractivity (Wildman–Crippen MR) is 66.8 cm³/mol. The molecule has 1 heterocycles. The normalized spacial score (nSPS) is 12.1. The molecule has 0 bridgehead atoms. The molecule has 1 amide bonds. The molecule has 1 unspecified atom stereocenters. The van der Waals surface area contributed by atoms with Gasteiger partial charge in [0.2, 0.25) is 5.91 Å². The minimum atomic E-state index is -0.868. The van der Waals surface area contributed by atoms with Crippen molar-refractivity contribution in [3.8, 4) is 0 Å².